The minimum atomic E-state index is -0.154. The number of aromatic nitrogens is 2. The maximum Gasteiger partial charge on any atom is 0.274 e. The van der Waals surface area contributed by atoms with Gasteiger partial charge in [0.25, 0.3) is 5.91 Å². The van der Waals surface area contributed by atoms with Crippen molar-refractivity contribution < 1.29 is 14.0 Å². The van der Waals surface area contributed by atoms with E-state index < -0.39 is 0 Å². The van der Waals surface area contributed by atoms with E-state index in [1.807, 2.05) is 12.1 Å². The van der Waals surface area contributed by atoms with Gasteiger partial charge in [-0.25, -0.2) is 0 Å². The number of rotatable bonds is 4. The van der Waals surface area contributed by atoms with Gasteiger partial charge in [0, 0.05) is 37.3 Å². The third-order valence-corrected chi connectivity index (χ3v) is 5.02. The maximum absolute atomic E-state index is 12.7. The lowest BCUT2D eigenvalue weighted by atomic mass is 10.1. The molecule has 0 aliphatic carbocycles. The van der Waals surface area contributed by atoms with Crippen LogP contribution < -0.4 is 0 Å². The van der Waals surface area contributed by atoms with E-state index in [0.29, 0.717) is 54.8 Å². The highest BCUT2D eigenvalue weighted by atomic mass is 35.5. The first-order valence-electron chi connectivity index (χ1n) is 9.01. The number of halogens is 1. The molecule has 4 rings (SSSR count). The molecule has 0 spiro atoms. The van der Waals surface area contributed by atoms with E-state index in [9.17, 15) is 9.59 Å². The molecule has 8 heteroatoms. The van der Waals surface area contributed by atoms with Crippen LogP contribution in [-0.4, -0.2) is 58.0 Å². The standard InChI is InChI=1S/C20H19ClN4O3/c21-15-5-3-14(4-6-15)12-19(26)24-7-9-25(10-8-24)20(27)17-13-16(22-23-17)18-2-1-11-28-18/h1-6,11,13H,7-10,12H2,(H,22,23). The van der Waals surface area contributed by atoms with Crippen LogP contribution in [0.25, 0.3) is 11.5 Å². The van der Waals surface area contributed by atoms with Crippen molar-refractivity contribution in [1.29, 1.82) is 0 Å². The van der Waals surface area contributed by atoms with Crippen molar-refractivity contribution in [2.45, 2.75) is 6.42 Å². The highest BCUT2D eigenvalue weighted by Crippen LogP contribution is 2.19. The number of nitrogens with one attached hydrogen (secondary N) is 1. The lowest BCUT2D eigenvalue weighted by Gasteiger charge is -2.34. The second kappa shape index (κ2) is 7.90. The van der Waals surface area contributed by atoms with Crippen LogP contribution in [0.4, 0.5) is 0 Å². The summed E-state index contributed by atoms with van der Waals surface area (Å²) in [7, 11) is 0. The van der Waals surface area contributed by atoms with Crippen molar-refractivity contribution >= 4 is 23.4 Å². The number of amides is 2. The molecule has 1 aromatic carbocycles. The Morgan fingerprint density at radius 3 is 2.46 bits per heavy atom. The first-order chi connectivity index (χ1) is 13.6. The number of piperazine rings is 1. The van der Waals surface area contributed by atoms with Crippen LogP contribution in [0.1, 0.15) is 16.1 Å². The molecule has 28 heavy (non-hydrogen) atoms. The molecule has 0 atom stereocenters. The number of carbonyl (C=O) groups is 2. The fourth-order valence-corrected chi connectivity index (χ4v) is 3.32. The zero-order valence-electron chi connectivity index (χ0n) is 15.1. The average molecular weight is 399 g/mol. The molecule has 144 valence electrons. The van der Waals surface area contributed by atoms with Crippen molar-refractivity contribution in [1.82, 2.24) is 20.0 Å². The van der Waals surface area contributed by atoms with E-state index in [1.54, 1.807) is 46.4 Å². The number of benzene rings is 1. The Morgan fingerprint density at radius 1 is 1.07 bits per heavy atom. The fraction of sp³-hybridized carbons (Fsp3) is 0.250. The van der Waals surface area contributed by atoms with Crippen molar-refractivity contribution in [2.75, 3.05) is 26.2 Å². The van der Waals surface area contributed by atoms with Crippen LogP contribution in [0.5, 0.6) is 0 Å². The Labute approximate surface area is 166 Å². The zero-order chi connectivity index (χ0) is 19.5. The monoisotopic (exact) mass is 398 g/mol. The SMILES string of the molecule is O=C(Cc1ccc(Cl)cc1)N1CCN(C(=O)c2cc(-c3ccco3)[nH]n2)CC1. The summed E-state index contributed by atoms with van der Waals surface area (Å²) in [5, 5.41) is 7.57. The lowest BCUT2D eigenvalue weighted by Crippen LogP contribution is -2.51. The van der Waals surface area contributed by atoms with E-state index in [0.717, 1.165) is 5.56 Å². The molecular weight excluding hydrogens is 380 g/mol. The van der Waals surface area contributed by atoms with E-state index >= 15 is 0 Å². The number of hydrogen-bond acceptors (Lipinski definition) is 4. The molecule has 3 aromatic rings. The number of furan rings is 1. The largest absolute Gasteiger partial charge is 0.463 e. The Morgan fingerprint density at radius 2 is 1.79 bits per heavy atom. The number of H-pyrrole nitrogens is 1. The van der Waals surface area contributed by atoms with Gasteiger partial charge in [-0.3, -0.25) is 14.7 Å². The molecule has 3 heterocycles. The molecular formula is C20H19ClN4O3. The molecule has 1 aliphatic rings. The van der Waals surface area contributed by atoms with Crippen molar-refractivity contribution in [3.63, 3.8) is 0 Å². The van der Waals surface area contributed by atoms with Gasteiger partial charge in [0.05, 0.1) is 12.7 Å². The fourth-order valence-electron chi connectivity index (χ4n) is 3.20. The van der Waals surface area contributed by atoms with E-state index in [-0.39, 0.29) is 11.8 Å². The van der Waals surface area contributed by atoms with Gasteiger partial charge in [0.15, 0.2) is 11.5 Å². The van der Waals surface area contributed by atoms with Crippen LogP contribution >= 0.6 is 11.6 Å². The number of carbonyl (C=O) groups excluding carboxylic acids is 2. The predicted octanol–water partition coefficient (Wildman–Crippen LogP) is 2.85. The quantitative estimate of drug-likeness (QED) is 0.732. The normalized spacial score (nSPS) is 14.3. The highest BCUT2D eigenvalue weighted by Gasteiger charge is 2.26. The lowest BCUT2D eigenvalue weighted by molar-refractivity contribution is -0.131. The number of nitrogens with zero attached hydrogens (tertiary/aromatic N) is 3. The van der Waals surface area contributed by atoms with Gasteiger partial charge < -0.3 is 14.2 Å². The van der Waals surface area contributed by atoms with Crippen LogP contribution in [0, 0.1) is 0 Å². The molecule has 7 nitrogen and oxygen atoms in total. The first-order valence-corrected chi connectivity index (χ1v) is 9.39. The molecule has 1 saturated heterocycles. The zero-order valence-corrected chi connectivity index (χ0v) is 15.9. The third kappa shape index (κ3) is 3.94. The molecule has 0 unspecified atom stereocenters. The first kappa shape index (κ1) is 18.3. The predicted molar refractivity (Wildman–Crippen MR) is 104 cm³/mol. The van der Waals surface area contributed by atoms with E-state index in [1.165, 1.54) is 0 Å². The molecule has 2 aromatic heterocycles. The van der Waals surface area contributed by atoms with Gasteiger partial charge >= 0.3 is 0 Å². The Kier molecular flexibility index (Phi) is 5.16. The second-order valence-corrected chi connectivity index (χ2v) is 7.06. The second-order valence-electron chi connectivity index (χ2n) is 6.62. The van der Waals surface area contributed by atoms with Crippen LogP contribution in [0.2, 0.25) is 5.02 Å². The summed E-state index contributed by atoms with van der Waals surface area (Å²) in [6.07, 6.45) is 1.90. The highest BCUT2D eigenvalue weighted by molar-refractivity contribution is 6.30. The summed E-state index contributed by atoms with van der Waals surface area (Å²) in [6.45, 7) is 1.98. The molecule has 1 aliphatic heterocycles. The molecule has 0 bridgehead atoms. The Balaban J connectivity index is 1.33. The summed E-state index contributed by atoms with van der Waals surface area (Å²) in [4.78, 5) is 28.7. The van der Waals surface area contributed by atoms with Gasteiger partial charge in [0.2, 0.25) is 5.91 Å². The molecule has 0 saturated carbocycles. The smallest absolute Gasteiger partial charge is 0.274 e. The summed E-state index contributed by atoms with van der Waals surface area (Å²) in [6, 6.07) is 12.5. The van der Waals surface area contributed by atoms with Crippen LogP contribution in [0.3, 0.4) is 0 Å². The molecule has 0 radical (unpaired) electrons. The summed E-state index contributed by atoms with van der Waals surface area (Å²) < 4.78 is 5.31. The van der Waals surface area contributed by atoms with E-state index in [2.05, 4.69) is 10.2 Å². The van der Waals surface area contributed by atoms with Gasteiger partial charge in [-0.1, -0.05) is 23.7 Å². The molecule has 1 N–H and O–H groups in total. The van der Waals surface area contributed by atoms with Gasteiger partial charge in [0.1, 0.15) is 5.69 Å². The van der Waals surface area contributed by atoms with E-state index in [4.69, 9.17) is 16.0 Å². The van der Waals surface area contributed by atoms with Crippen molar-refractivity contribution in [3.05, 3.63) is 65.0 Å². The Hall–Kier alpha value is -3.06. The maximum atomic E-state index is 12.7. The topological polar surface area (TPSA) is 82.4 Å². The number of aromatic amines is 1. The molecule has 1 fully saturated rings. The minimum absolute atomic E-state index is 0.0503. The van der Waals surface area contributed by atoms with Crippen LogP contribution in [0.15, 0.2) is 53.1 Å². The summed E-state index contributed by atoms with van der Waals surface area (Å²) in [5.41, 5.74) is 1.92. The molecule has 2 amide bonds. The van der Waals surface area contributed by atoms with Crippen molar-refractivity contribution in [3.8, 4) is 11.5 Å². The average Bonchev–Trinajstić information content (AvgIpc) is 3.41. The van der Waals surface area contributed by atoms with Gasteiger partial charge in [-0.05, 0) is 29.8 Å². The third-order valence-electron chi connectivity index (χ3n) is 4.77. The van der Waals surface area contributed by atoms with Crippen molar-refractivity contribution in [2.24, 2.45) is 0 Å². The summed E-state index contributed by atoms with van der Waals surface area (Å²) in [5.74, 6) is 0.525. The van der Waals surface area contributed by atoms with Crippen LogP contribution in [-0.2, 0) is 11.2 Å². The Bertz CT molecular complexity index is 958. The number of hydrogen-bond donors (Lipinski definition) is 1. The minimum Gasteiger partial charge on any atom is -0.463 e. The van der Waals surface area contributed by atoms with Gasteiger partial charge in [-0.15, -0.1) is 0 Å². The van der Waals surface area contributed by atoms with Gasteiger partial charge in [-0.2, -0.15) is 5.10 Å². The summed E-state index contributed by atoms with van der Waals surface area (Å²) >= 11 is 5.88.